The van der Waals surface area contributed by atoms with Crippen LogP contribution in [0, 0.1) is 5.92 Å². The Labute approximate surface area is 87.1 Å². The molecule has 0 spiro atoms. The van der Waals surface area contributed by atoms with Gasteiger partial charge in [-0.1, -0.05) is 6.92 Å². The Kier molecular flexibility index (Phi) is 4.64. The van der Waals surface area contributed by atoms with Crippen molar-refractivity contribution in [2.45, 2.75) is 11.9 Å². The van der Waals surface area contributed by atoms with E-state index in [2.05, 4.69) is 15.4 Å². The van der Waals surface area contributed by atoms with Crippen molar-refractivity contribution in [2.75, 3.05) is 17.8 Å². The summed E-state index contributed by atoms with van der Waals surface area (Å²) in [5, 5.41) is 9.69. The van der Waals surface area contributed by atoms with Crippen LogP contribution in [-0.4, -0.2) is 27.4 Å². The molecule has 78 valence electrons. The molecule has 6 heteroatoms. The number of rotatable bonds is 5. The molecule has 1 rings (SSSR count). The van der Waals surface area contributed by atoms with Crippen LogP contribution in [0.4, 0.5) is 5.82 Å². The SMILES string of the molecule is CC(CO)CSc1cc(NN)ncn1. The lowest BCUT2D eigenvalue weighted by molar-refractivity contribution is 0.250. The first kappa shape index (κ1) is 11.2. The minimum absolute atomic E-state index is 0.195. The van der Waals surface area contributed by atoms with Crippen molar-refractivity contribution in [3.63, 3.8) is 0 Å². The van der Waals surface area contributed by atoms with Crippen LogP contribution in [0.5, 0.6) is 0 Å². The number of nitrogen functional groups attached to an aromatic ring is 1. The van der Waals surface area contributed by atoms with Crippen LogP contribution in [0.25, 0.3) is 0 Å². The summed E-state index contributed by atoms with van der Waals surface area (Å²) < 4.78 is 0. The Bertz CT molecular complexity index is 284. The molecule has 0 saturated carbocycles. The van der Waals surface area contributed by atoms with E-state index in [9.17, 15) is 0 Å². The predicted octanol–water partition coefficient (Wildman–Crippen LogP) is 0.483. The van der Waals surface area contributed by atoms with Gasteiger partial charge in [-0.2, -0.15) is 0 Å². The Morgan fingerprint density at radius 2 is 2.43 bits per heavy atom. The van der Waals surface area contributed by atoms with E-state index in [1.165, 1.54) is 6.33 Å². The summed E-state index contributed by atoms with van der Waals surface area (Å²) in [4.78, 5) is 7.96. The molecule has 1 aromatic heterocycles. The molecule has 0 aliphatic rings. The molecule has 4 N–H and O–H groups in total. The third-order valence-corrected chi connectivity index (χ3v) is 2.87. The lowest BCUT2D eigenvalue weighted by atomic mass is 10.2. The maximum absolute atomic E-state index is 8.84. The third-order valence-electron chi connectivity index (χ3n) is 1.62. The molecule has 0 aromatic carbocycles. The monoisotopic (exact) mass is 214 g/mol. The van der Waals surface area contributed by atoms with Gasteiger partial charge in [0.15, 0.2) is 0 Å². The number of nitrogens with two attached hydrogens (primary N) is 1. The summed E-state index contributed by atoms with van der Waals surface area (Å²) in [7, 11) is 0. The summed E-state index contributed by atoms with van der Waals surface area (Å²) in [6.45, 7) is 2.18. The molecular formula is C8H14N4OS. The van der Waals surface area contributed by atoms with Gasteiger partial charge in [0.1, 0.15) is 17.2 Å². The second kappa shape index (κ2) is 5.79. The predicted molar refractivity (Wildman–Crippen MR) is 56.8 cm³/mol. The number of aliphatic hydroxyl groups is 1. The van der Waals surface area contributed by atoms with Gasteiger partial charge in [-0.3, -0.25) is 0 Å². The average molecular weight is 214 g/mol. The van der Waals surface area contributed by atoms with Crippen LogP contribution in [0.2, 0.25) is 0 Å². The molecule has 5 nitrogen and oxygen atoms in total. The van der Waals surface area contributed by atoms with E-state index >= 15 is 0 Å². The third kappa shape index (κ3) is 3.49. The molecule has 0 bridgehead atoms. The number of hydrazine groups is 1. The van der Waals surface area contributed by atoms with Gasteiger partial charge in [0.05, 0.1) is 0 Å². The highest BCUT2D eigenvalue weighted by Gasteiger charge is 2.03. The van der Waals surface area contributed by atoms with E-state index in [1.807, 2.05) is 6.92 Å². The van der Waals surface area contributed by atoms with Crippen molar-refractivity contribution < 1.29 is 5.11 Å². The molecule has 0 fully saturated rings. The lowest BCUT2D eigenvalue weighted by Gasteiger charge is -2.06. The van der Waals surface area contributed by atoms with Gasteiger partial charge in [-0.05, 0) is 5.92 Å². The zero-order valence-electron chi connectivity index (χ0n) is 7.97. The second-order valence-electron chi connectivity index (χ2n) is 2.98. The lowest BCUT2D eigenvalue weighted by Crippen LogP contribution is -2.09. The first-order chi connectivity index (χ1) is 6.76. The van der Waals surface area contributed by atoms with Crippen molar-refractivity contribution in [3.05, 3.63) is 12.4 Å². The fourth-order valence-corrected chi connectivity index (χ4v) is 1.66. The molecule has 1 aromatic rings. The van der Waals surface area contributed by atoms with E-state index in [0.29, 0.717) is 5.82 Å². The molecular weight excluding hydrogens is 200 g/mol. The number of aliphatic hydroxyl groups excluding tert-OH is 1. The van der Waals surface area contributed by atoms with E-state index in [0.717, 1.165) is 10.8 Å². The molecule has 0 saturated heterocycles. The van der Waals surface area contributed by atoms with Crippen LogP contribution in [-0.2, 0) is 0 Å². The zero-order chi connectivity index (χ0) is 10.4. The largest absolute Gasteiger partial charge is 0.396 e. The number of aromatic nitrogens is 2. The summed E-state index contributed by atoms with van der Waals surface area (Å²) in [6.07, 6.45) is 1.46. The number of thioether (sulfide) groups is 1. The Morgan fingerprint density at radius 3 is 3.07 bits per heavy atom. The van der Waals surface area contributed by atoms with Crippen LogP contribution < -0.4 is 11.3 Å². The van der Waals surface area contributed by atoms with Crippen LogP contribution >= 0.6 is 11.8 Å². The average Bonchev–Trinajstić information content (AvgIpc) is 2.26. The van der Waals surface area contributed by atoms with E-state index < -0.39 is 0 Å². The smallest absolute Gasteiger partial charge is 0.144 e. The Morgan fingerprint density at radius 1 is 1.64 bits per heavy atom. The highest BCUT2D eigenvalue weighted by molar-refractivity contribution is 7.99. The van der Waals surface area contributed by atoms with Gasteiger partial charge in [-0.15, -0.1) is 11.8 Å². The molecule has 1 atom stereocenters. The van der Waals surface area contributed by atoms with E-state index in [-0.39, 0.29) is 12.5 Å². The Balaban J connectivity index is 2.50. The van der Waals surface area contributed by atoms with Crippen LogP contribution in [0.3, 0.4) is 0 Å². The molecule has 14 heavy (non-hydrogen) atoms. The van der Waals surface area contributed by atoms with E-state index in [4.69, 9.17) is 10.9 Å². The number of hydrogen-bond acceptors (Lipinski definition) is 6. The maximum Gasteiger partial charge on any atom is 0.144 e. The normalized spacial score (nSPS) is 12.5. The highest BCUT2D eigenvalue weighted by Crippen LogP contribution is 2.19. The zero-order valence-corrected chi connectivity index (χ0v) is 8.79. The number of nitrogens with zero attached hydrogens (tertiary/aromatic N) is 2. The second-order valence-corrected chi connectivity index (χ2v) is 4.02. The fourth-order valence-electron chi connectivity index (χ4n) is 0.778. The minimum Gasteiger partial charge on any atom is -0.396 e. The summed E-state index contributed by atoms with van der Waals surface area (Å²) in [6, 6.07) is 1.77. The van der Waals surface area contributed by atoms with Crippen molar-refractivity contribution in [3.8, 4) is 0 Å². The fraction of sp³-hybridized carbons (Fsp3) is 0.500. The highest BCUT2D eigenvalue weighted by atomic mass is 32.2. The maximum atomic E-state index is 8.84. The summed E-state index contributed by atoms with van der Waals surface area (Å²) in [5.74, 6) is 6.91. The summed E-state index contributed by atoms with van der Waals surface area (Å²) in [5.41, 5.74) is 2.46. The van der Waals surface area contributed by atoms with Crippen molar-refractivity contribution in [1.29, 1.82) is 0 Å². The van der Waals surface area contributed by atoms with Crippen LogP contribution in [0.1, 0.15) is 6.92 Å². The van der Waals surface area contributed by atoms with Gasteiger partial charge in [-0.25, -0.2) is 15.8 Å². The van der Waals surface area contributed by atoms with Crippen LogP contribution in [0.15, 0.2) is 17.4 Å². The Hall–Kier alpha value is -0.850. The van der Waals surface area contributed by atoms with E-state index in [1.54, 1.807) is 17.8 Å². The number of anilines is 1. The molecule has 0 radical (unpaired) electrons. The van der Waals surface area contributed by atoms with Gasteiger partial charge >= 0.3 is 0 Å². The molecule has 1 heterocycles. The van der Waals surface area contributed by atoms with Crippen molar-refractivity contribution >= 4 is 17.6 Å². The quantitative estimate of drug-likeness (QED) is 0.286. The van der Waals surface area contributed by atoms with Gasteiger partial charge in [0, 0.05) is 18.4 Å². The van der Waals surface area contributed by atoms with Crippen molar-refractivity contribution in [2.24, 2.45) is 11.8 Å². The van der Waals surface area contributed by atoms with Gasteiger partial charge in [0.25, 0.3) is 0 Å². The first-order valence-corrected chi connectivity index (χ1v) is 5.27. The molecule has 0 aliphatic heterocycles. The molecule has 0 aliphatic carbocycles. The van der Waals surface area contributed by atoms with Crippen molar-refractivity contribution in [1.82, 2.24) is 9.97 Å². The molecule has 1 unspecified atom stereocenters. The topological polar surface area (TPSA) is 84.1 Å². The summed E-state index contributed by atoms with van der Waals surface area (Å²) >= 11 is 1.58. The number of nitrogens with one attached hydrogen (secondary N) is 1. The standard InChI is InChI=1S/C8H14N4OS/c1-6(3-13)4-14-8-2-7(12-9)10-5-11-8/h2,5-6,13H,3-4,9H2,1H3,(H,10,11,12). The molecule has 0 amide bonds. The number of hydrogen-bond donors (Lipinski definition) is 3. The first-order valence-electron chi connectivity index (χ1n) is 4.28. The van der Waals surface area contributed by atoms with Gasteiger partial charge < -0.3 is 10.5 Å². The minimum atomic E-state index is 0.195. The van der Waals surface area contributed by atoms with Gasteiger partial charge in [0.2, 0.25) is 0 Å².